The number of nitrogens with one attached hydrogen (secondary N) is 1. The van der Waals surface area contributed by atoms with Gasteiger partial charge in [0.1, 0.15) is 0 Å². The van der Waals surface area contributed by atoms with Crippen LogP contribution in [-0.2, 0) is 0 Å². The van der Waals surface area contributed by atoms with Crippen LogP contribution in [0.3, 0.4) is 0 Å². The first-order chi connectivity index (χ1) is 10.6. The number of rotatable bonds is 12. The third-order valence-corrected chi connectivity index (χ3v) is 4.92. The molecular formula is C20H42N2. The Labute approximate surface area is 140 Å². The van der Waals surface area contributed by atoms with Gasteiger partial charge < -0.3 is 10.2 Å². The van der Waals surface area contributed by atoms with E-state index in [0.29, 0.717) is 0 Å². The molecule has 1 aliphatic heterocycles. The molecule has 1 unspecified atom stereocenters. The molecule has 132 valence electrons. The van der Waals surface area contributed by atoms with E-state index in [-0.39, 0.29) is 0 Å². The fraction of sp³-hybridized carbons (Fsp3) is 1.00. The van der Waals surface area contributed by atoms with Crippen LogP contribution in [-0.4, -0.2) is 37.6 Å². The Morgan fingerprint density at radius 2 is 1.59 bits per heavy atom. The molecule has 2 heteroatoms. The van der Waals surface area contributed by atoms with Crippen molar-refractivity contribution in [1.29, 1.82) is 0 Å². The van der Waals surface area contributed by atoms with Crippen LogP contribution in [0, 0.1) is 17.8 Å². The van der Waals surface area contributed by atoms with Crippen molar-refractivity contribution in [3.63, 3.8) is 0 Å². The Kier molecular flexibility index (Phi) is 11.2. The molecule has 0 saturated carbocycles. The van der Waals surface area contributed by atoms with Crippen molar-refractivity contribution in [2.24, 2.45) is 17.8 Å². The summed E-state index contributed by atoms with van der Waals surface area (Å²) in [7, 11) is 0. The molecule has 0 amide bonds. The van der Waals surface area contributed by atoms with Crippen molar-refractivity contribution < 1.29 is 0 Å². The van der Waals surface area contributed by atoms with E-state index < -0.39 is 0 Å². The summed E-state index contributed by atoms with van der Waals surface area (Å²) in [5, 5.41) is 3.73. The van der Waals surface area contributed by atoms with Gasteiger partial charge in [-0.3, -0.25) is 0 Å². The summed E-state index contributed by atoms with van der Waals surface area (Å²) in [5.41, 5.74) is 0. The minimum absolute atomic E-state index is 0.832. The highest BCUT2D eigenvalue weighted by molar-refractivity contribution is 4.67. The van der Waals surface area contributed by atoms with Crippen molar-refractivity contribution in [2.45, 2.75) is 79.1 Å². The number of piperidine rings is 1. The zero-order chi connectivity index (χ0) is 16.2. The molecule has 0 spiro atoms. The molecular weight excluding hydrogens is 268 g/mol. The first-order valence-corrected chi connectivity index (χ1v) is 10.0. The van der Waals surface area contributed by atoms with E-state index in [1.54, 1.807) is 0 Å². The predicted octanol–water partition coefficient (Wildman–Crippen LogP) is 4.94. The Bertz CT molecular complexity index is 244. The average Bonchev–Trinajstić information content (AvgIpc) is 2.48. The number of unbranched alkanes of at least 4 members (excludes halogenated alkanes) is 1. The summed E-state index contributed by atoms with van der Waals surface area (Å²) in [4.78, 5) is 2.66. The summed E-state index contributed by atoms with van der Waals surface area (Å²) in [6.45, 7) is 15.9. The van der Waals surface area contributed by atoms with Crippen LogP contribution in [0.2, 0.25) is 0 Å². The van der Waals surface area contributed by atoms with Crippen LogP contribution in [0.15, 0.2) is 0 Å². The van der Waals surface area contributed by atoms with E-state index in [1.165, 1.54) is 84.1 Å². The Balaban J connectivity index is 2.03. The standard InChI is InChI=1S/C20H42N2/c1-18(2)10-11-20(16-19(3)4)17-21-12-6-9-15-22-13-7-5-8-14-22/h18-21H,5-17H2,1-4H3. The minimum Gasteiger partial charge on any atom is -0.316 e. The van der Waals surface area contributed by atoms with Gasteiger partial charge in [0.25, 0.3) is 0 Å². The van der Waals surface area contributed by atoms with Gasteiger partial charge in [-0.1, -0.05) is 40.5 Å². The van der Waals surface area contributed by atoms with Crippen molar-refractivity contribution in [2.75, 3.05) is 32.7 Å². The average molecular weight is 311 g/mol. The molecule has 1 heterocycles. The minimum atomic E-state index is 0.832. The van der Waals surface area contributed by atoms with Crippen LogP contribution in [0.25, 0.3) is 0 Å². The topological polar surface area (TPSA) is 15.3 Å². The van der Waals surface area contributed by atoms with Crippen molar-refractivity contribution in [3.8, 4) is 0 Å². The van der Waals surface area contributed by atoms with E-state index in [0.717, 1.165) is 17.8 Å². The van der Waals surface area contributed by atoms with E-state index in [1.807, 2.05) is 0 Å². The van der Waals surface area contributed by atoms with Gasteiger partial charge >= 0.3 is 0 Å². The molecule has 2 nitrogen and oxygen atoms in total. The van der Waals surface area contributed by atoms with Crippen LogP contribution in [0.5, 0.6) is 0 Å². The lowest BCUT2D eigenvalue weighted by Crippen LogP contribution is -2.31. The molecule has 0 radical (unpaired) electrons. The lowest BCUT2D eigenvalue weighted by molar-refractivity contribution is 0.224. The highest BCUT2D eigenvalue weighted by Gasteiger charge is 2.12. The normalized spacial score (nSPS) is 18.3. The van der Waals surface area contributed by atoms with Gasteiger partial charge in [-0.25, -0.2) is 0 Å². The molecule has 1 rings (SSSR count). The Morgan fingerprint density at radius 1 is 0.864 bits per heavy atom. The second kappa shape index (κ2) is 12.4. The molecule has 1 atom stereocenters. The Morgan fingerprint density at radius 3 is 2.23 bits per heavy atom. The molecule has 1 aliphatic rings. The van der Waals surface area contributed by atoms with E-state index in [2.05, 4.69) is 37.9 Å². The van der Waals surface area contributed by atoms with Gasteiger partial charge in [0, 0.05) is 0 Å². The second-order valence-electron chi connectivity index (χ2n) is 8.28. The zero-order valence-electron chi connectivity index (χ0n) is 15.9. The van der Waals surface area contributed by atoms with Crippen LogP contribution < -0.4 is 5.32 Å². The molecule has 0 aromatic heterocycles. The number of nitrogens with zero attached hydrogens (tertiary/aromatic N) is 1. The first kappa shape index (κ1) is 20.0. The molecule has 1 fully saturated rings. The first-order valence-electron chi connectivity index (χ1n) is 10.0. The van der Waals surface area contributed by atoms with Gasteiger partial charge in [0.2, 0.25) is 0 Å². The third-order valence-electron chi connectivity index (χ3n) is 4.92. The maximum Gasteiger partial charge on any atom is -0.00183 e. The van der Waals surface area contributed by atoms with E-state index in [9.17, 15) is 0 Å². The number of hydrogen-bond donors (Lipinski definition) is 1. The molecule has 0 bridgehead atoms. The summed E-state index contributed by atoms with van der Waals surface area (Å²) >= 11 is 0. The maximum atomic E-state index is 3.73. The largest absolute Gasteiger partial charge is 0.316 e. The van der Waals surface area contributed by atoms with Crippen LogP contribution in [0.1, 0.15) is 79.1 Å². The molecule has 0 aliphatic carbocycles. The molecule has 22 heavy (non-hydrogen) atoms. The van der Waals surface area contributed by atoms with Crippen LogP contribution in [0.4, 0.5) is 0 Å². The van der Waals surface area contributed by atoms with Gasteiger partial charge in [-0.15, -0.1) is 0 Å². The smallest absolute Gasteiger partial charge is 0.00183 e. The fourth-order valence-electron chi connectivity index (χ4n) is 3.61. The monoisotopic (exact) mass is 310 g/mol. The summed E-state index contributed by atoms with van der Waals surface area (Å²) in [6.07, 6.45) is 11.2. The molecule has 0 aromatic carbocycles. The fourth-order valence-corrected chi connectivity index (χ4v) is 3.61. The zero-order valence-corrected chi connectivity index (χ0v) is 15.9. The lowest BCUT2D eigenvalue weighted by Gasteiger charge is -2.26. The third kappa shape index (κ3) is 10.6. The highest BCUT2D eigenvalue weighted by atomic mass is 15.1. The molecule has 1 N–H and O–H groups in total. The maximum absolute atomic E-state index is 3.73. The lowest BCUT2D eigenvalue weighted by atomic mass is 9.90. The highest BCUT2D eigenvalue weighted by Crippen LogP contribution is 2.19. The van der Waals surface area contributed by atoms with E-state index >= 15 is 0 Å². The number of hydrogen-bond acceptors (Lipinski definition) is 2. The Hall–Kier alpha value is -0.0800. The summed E-state index contributed by atoms with van der Waals surface area (Å²) in [5.74, 6) is 2.56. The van der Waals surface area contributed by atoms with Crippen LogP contribution >= 0.6 is 0 Å². The van der Waals surface area contributed by atoms with Gasteiger partial charge in [0.15, 0.2) is 0 Å². The van der Waals surface area contributed by atoms with Gasteiger partial charge in [0.05, 0.1) is 0 Å². The summed E-state index contributed by atoms with van der Waals surface area (Å²) < 4.78 is 0. The van der Waals surface area contributed by atoms with E-state index in [4.69, 9.17) is 0 Å². The molecule has 0 aromatic rings. The second-order valence-corrected chi connectivity index (χ2v) is 8.28. The van der Waals surface area contributed by atoms with Gasteiger partial charge in [-0.2, -0.15) is 0 Å². The van der Waals surface area contributed by atoms with Gasteiger partial charge in [-0.05, 0) is 89.0 Å². The quantitative estimate of drug-likeness (QED) is 0.514. The number of likely N-dealkylation sites (tertiary alicyclic amines) is 1. The summed E-state index contributed by atoms with van der Waals surface area (Å²) in [6, 6.07) is 0. The van der Waals surface area contributed by atoms with Crippen molar-refractivity contribution in [1.82, 2.24) is 10.2 Å². The SMILES string of the molecule is CC(C)CCC(CNCCCCN1CCCCC1)CC(C)C. The van der Waals surface area contributed by atoms with Crippen molar-refractivity contribution >= 4 is 0 Å². The predicted molar refractivity (Wildman–Crippen MR) is 99.4 cm³/mol. The molecule has 1 saturated heterocycles. The van der Waals surface area contributed by atoms with Crippen molar-refractivity contribution in [3.05, 3.63) is 0 Å².